The second-order valence-electron chi connectivity index (χ2n) is 5.95. The van der Waals surface area contributed by atoms with Crippen LogP contribution in [0.2, 0.25) is 0 Å². The molecule has 0 aromatic heterocycles. The Morgan fingerprint density at radius 1 is 1.12 bits per heavy atom. The van der Waals surface area contributed by atoms with Gasteiger partial charge in [0.25, 0.3) is 5.69 Å². The lowest BCUT2D eigenvalue weighted by atomic mass is 9.89. The summed E-state index contributed by atoms with van der Waals surface area (Å²) in [6, 6.07) is 5.76. The zero-order chi connectivity index (χ0) is 18.9. The molecule has 3 N–H and O–H groups in total. The lowest BCUT2D eigenvalue weighted by Crippen LogP contribution is -2.50. The van der Waals surface area contributed by atoms with Gasteiger partial charge in [-0.2, -0.15) is 0 Å². The molecule has 0 radical (unpaired) electrons. The number of amides is 2. The largest absolute Gasteiger partial charge is 0.298 e. The molecule has 1 aromatic rings. The molecule has 1 aliphatic rings. The molecule has 1 saturated carbocycles. The van der Waals surface area contributed by atoms with Gasteiger partial charge >= 0.3 is 0 Å². The number of nitro benzene ring substituents is 1. The van der Waals surface area contributed by atoms with E-state index in [0.29, 0.717) is 5.56 Å². The molecule has 1 aromatic carbocycles. The molecule has 1 aliphatic carbocycles. The minimum Gasteiger partial charge on any atom is -0.298 e. The van der Waals surface area contributed by atoms with Crippen molar-refractivity contribution in [3.63, 3.8) is 0 Å². The molecule has 138 valence electrons. The van der Waals surface area contributed by atoms with Gasteiger partial charge in [0, 0.05) is 24.1 Å². The SMILES string of the molecule is O=C(/C=C/c1ccc([N+](=O)[O-])cc1)NC(=S)NNC(=O)C1CCCCC1. The minimum atomic E-state index is -0.494. The number of nitro groups is 1. The van der Waals surface area contributed by atoms with E-state index in [1.165, 1.54) is 36.4 Å². The number of nitrogens with one attached hydrogen (secondary N) is 3. The maximum Gasteiger partial charge on any atom is 0.269 e. The van der Waals surface area contributed by atoms with Crippen LogP contribution in [0.15, 0.2) is 30.3 Å². The maximum absolute atomic E-state index is 12.0. The van der Waals surface area contributed by atoms with Crippen LogP contribution < -0.4 is 16.2 Å². The third-order valence-electron chi connectivity index (χ3n) is 4.04. The topological polar surface area (TPSA) is 113 Å². The number of hydrogen-bond acceptors (Lipinski definition) is 5. The van der Waals surface area contributed by atoms with Crippen molar-refractivity contribution in [2.24, 2.45) is 5.92 Å². The van der Waals surface area contributed by atoms with Crippen LogP contribution in [0.1, 0.15) is 37.7 Å². The number of rotatable bonds is 4. The normalized spacial score (nSPS) is 14.6. The van der Waals surface area contributed by atoms with Gasteiger partial charge in [0.05, 0.1) is 4.92 Å². The van der Waals surface area contributed by atoms with Gasteiger partial charge in [0.1, 0.15) is 0 Å². The van der Waals surface area contributed by atoms with Crippen LogP contribution in [0.5, 0.6) is 0 Å². The van der Waals surface area contributed by atoms with E-state index in [0.717, 1.165) is 32.1 Å². The summed E-state index contributed by atoms with van der Waals surface area (Å²) in [5, 5.41) is 13.0. The van der Waals surface area contributed by atoms with Crippen molar-refractivity contribution in [2.75, 3.05) is 0 Å². The predicted molar refractivity (Wildman–Crippen MR) is 101 cm³/mol. The monoisotopic (exact) mass is 376 g/mol. The standard InChI is InChI=1S/C17H20N4O4S/c22-15(11-8-12-6-9-14(10-7-12)21(24)25)18-17(26)20-19-16(23)13-4-2-1-3-5-13/h6-11,13H,1-5H2,(H,19,23)(H2,18,20,22,26)/b11-8+. The molecule has 0 spiro atoms. The van der Waals surface area contributed by atoms with Crippen LogP contribution in [0.3, 0.4) is 0 Å². The van der Waals surface area contributed by atoms with Crippen molar-refractivity contribution in [1.29, 1.82) is 0 Å². The molecule has 26 heavy (non-hydrogen) atoms. The summed E-state index contributed by atoms with van der Waals surface area (Å²) in [4.78, 5) is 33.9. The first-order valence-corrected chi connectivity index (χ1v) is 8.70. The van der Waals surface area contributed by atoms with Gasteiger partial charge in [-0.15, -0.1) is 0 Å². The first-order valence-electron chi connectivity index (χ1n) is 8.29. The van der Waals surface area contributed by atoms with Gasteiger partial charge in [-0.05, 0) is 48.8 Å². The minimum absolute atomic E-state index is 0.00694. The Morgan fingerprint density at radius 3 is 2.38 bits per heavy atom. The smallest absolute Gasteiger partial charge is 0.269 e. The van der Waals surface area contributed by atoms with Crippen molar-refractivity contribution in [3.05, 3.63) is 46.0 Å². The zero-order valence-corrected chi connectivity index (χ0v) is 14.9. The molecule has 0 atom stereocenters. The number of carbonyl (C=O) groups excluding carboxylic acids is 2. The fraction of sp³-hybridized carbons (Fsp3) is 0.353. The van der Waals surface area contributed by atoms with E-state index < -0.39 is 10.8 Å². The molecule has 2 amide bonds. The molecule has 1 fully saturated rings. The Balaban J connectivity index is 1.74. The van der Waals surface area contributed by atoms with E-state index in [1.807, 2.05) is 0 Å². The average molecular weight is 376 g/mol. The Kier molecular flexibility index (Phi) is 7.22. The summed E-state index contributed by atoms with van der Waals surface area (Å²) in [5.74, 6) is -0.618. The molecule has 0 saturated heterocycles. The van der Waals surface area contributed by atoms with E-state index in [4.69, 9.17) is 12.2 Å². The van der Waals surface area contributed by atoms with Gasteiger partial charge in [-0.25, -0.2) is 0 Å². The highest BCUT2D eigenvalue weighted by Gasteiger charge is 2.20. The summed E-state index contributed by atoms with van der Waals surface area (Å²) >= 11 is 4.96. The molecule has 2 rings (SSSR count). The second kappa shape index (κ2) is 9.62. The van der Waals surface area contributed by atoms with Crippen molar-refractivity contribution >= 4 is 40.9 Å². The molecule has 0 bridgehead atoms. The van der Waals surface area contributed by atoms with Gasteiger partial charge in [-0.1, -0.05) is 19.3 Å². The van der Waals surface area contributed by atoms with E-state index in [2.05, 4.69) is 16.2 Å². The maximum atomic E-state index is 12.0. The van der Waals surface area contributed by atoms with Crippen LogP contribution in [0.4, 0.5) is 5.69 Å². The molecule has 0 aliphatic heterocycles. The summed E-state index contributed by atoms with van der Waals surface area (Å²) in [5.41, 5.74) is 5.65. The summed E-state index contributed by atoms with van der Waals surface area (Å²) in [7, 11) is 0. The van der Waals surface area contributed by atoms with Crippen LogP contribution in [0, 0.1) is 16.0 Å². The molecule has 0 unspecified atom stereocenters. The van der Waals surface area contributed by atoms with E-state index >= 15 is 0 Å². The highest BCUT2D eigenvalue weighted by Crippen LogP contribution is 2.23. The number of nitrogens with zero attached hydrogens (tertiary/aromatic N) is 1. The van der Waals surface area contributed by atoms with Gasteiger partial charge in [0.15, 0.2) is 5.11 Å². The lowest BCUT2D eigenvalue weighted by Gasteiger charge is -2.21. The van der Waals surface area contributed by atoms with Crippen molar-refractivity contribution in [1.82, 2.24) is 16.2 Å². The third kappa shape index (κ3) is 6.25. The first-order chi connectivity index (χ1) is 12.5. The van der Waals surface area contributed by atoms with Crippen molar-refractivity contribution in [2.45, 2.75) is 32.1 Å². The molecular formula is C17H20N4O4S. The number of hydrogen-bond donors (Lipinski definition) is 3. The van der Waals surface area contributed by atoms with Gasteiger partial charge in [-0.3, -0.25) is 35.9 Å². The highest BCUT2D eigenvalue weighted by atomic mass is 32.1. The van der Waals surface area contributed by atoms with Crippen LogP contribution in [-0.4, -0.2) is 21.9 Å². The average Bonchev–Trinajstić information content (AvgIpc) is 2.65. The Labute approximate surface area is 156 Å². The quantitative estimate of drug-likeness (QED) is 0.321. The molecule has 8 nitrogen and oxygen atoms in total. The molecular weight excluding hydrogens is 356 g/mol. The first kappa shape index (κ1) is 19.5. The highest BCUT2D eigenvalue weighted by molar-refractivity contribution is 7.80. The van der Waals surface area contributed by atoms with Gasteiger partial charge < -0.3 is 0 Å². The summed E-state index contributed by atoms with van der Waals surface area (Å²) in [6.45, 7) is 0. The Morgan fingerprint density at radius 2 is 1.77 bits per heavy atom. The van der Waals surface area contributed by atoms with E-state index in [-0.39, 0.29) is 22.6 Å². The molecule has 0 heterocycles. The number of hydrazine groups is 1. The van der Waals surface area contributed by atoms with Gasteiger partial charge in [0.2, 0.25) is 11.8 Å². The van der Waals surface area contributed by atoms with Crippen molar-refractivity contribution in [3.8, 4) is 0 Å². The zero-order valence-electron chi connectivity index (χ0n) is 14.1. The fourth-order valence-corrected chi connectivity index (χ4v) is 2.80. The fourth-order valence-electron chi connectivity index (χ4n) is 2.65. The summed E-state index contributed by atoms with van der Waals surface area (Å²) in [6.07, 6.45) is 7.74. The second-order valence-corrected chi connectivity index (χ2v) is 6.36. The third-order valence-corrected chi connectivity index (χ3v) is 4.25. The van der Waals surface area contributed by atoms with Crippen LogP contribution >= 0.6 is 12.2 Å². The Bertz CT molecular complexity index is 712. The number of non-ortho nitro benzene ring substituents is 1. The summed E-state index contributed by atoms with van der Waals surface area (Å²) < 4.78 is 0. The molecule has 9 heteroatoms. The Hall–Kier alpha value is -2.81. The van der Waals surface area contributed by atoms with E-state index in [1.54, 1.807) is 0 Å². The lowest BCUT2D eigenvalue weighted by molar-refractivity contribution is -0.384. The van der Waals surface area contributed by atoms with Crippen molar-refractivity contribution < 1.29 is 14.5 Å². The number of carbonyl (C=O) groups is 2. The van der Waals surface area contributed by atoms with Crippen LogP contribution in [0.25, 0.3) is 6.08 Å². The van der Waals surface area contributed by atoms with E-state index in [9.17, 15) is 19.7 Å². The van der Waals surface area contributed by atoms with Crippen LogP contribution in [-0.2, 0) is 9.59 Å². The number of thiocarbonyl (C=S) groups is 1. The predicted octanol–water partition coefficient (Wildman–Crippen LogP) is 2.21. The number of benzene rings is 1.